The lowest BCUT2D eigenvalue weighted by molar-refractivity contribution is 0.0705. The topological polar surface area (TPSA) is 44.8 Å². The number of halogens is 1. The normalized spacial score (nSPS) is 10.4. The predicted octanol–water partition coefficient (Wildman–Crippen LogP) is 2.69. The summed E-state index contributed by atoms with van der Waals surface area (Å²) < 4.78 is 16.0. The molecule has 18 heavy (non-hydrogen) atoms. The van der Waals surface area contributed by atoms with Crippen LogP contribution in [0.4, 0.5) is 0 Å². The van der Waals surface area contributed by atoms with Gasteiger partial charge in [0, 0.05) is 25.9 Å². The first-order valence-corrected chi connectivity index (χ1v) is 6.41. The van der Waals surface area contributed by atoms with E-state index < -0.39 is 0 Å². The van der Waals surface area contributed by atoms with Gasteiger partial charge >= 0.3 is 0 Å². The van der Waals surface area contributed by atoms with Crippen molar-refractivity contribution in [1.82, 2.24) is 0 Å². The number of methoxy groups -OCH3 is 2. The Morgan fingerprint density at radius 3 is 2.67 bits per heavy atom. The molecule has 0 N–H and O–H groups in total. The second-order valence-corrected chi connectivity index (χ2v) is 4.53. The number of ketones is 1. The summed E-state index contributed by atoms with van der Waals surface area (Å²) in [6.07, 6.45) is 0.788. The Morgan fingerprint density at radius 1 is 1.28 bits per heavy atom. The Balaban J connectivity index is 2.44. The average Bonchev–Trinajstić information content (AvgIpc) is 2.38. The van der Waals surface area contributed by atoms with Crippen molar-refractivity contribution in [1.29, 1.82) is 0 Å². The molecule has 0 unspecified atom stereocenters. The highest BCUT2D eigenvalue weighted by molar-refractivity contribution is 9.10. The van der Waals surface area contributed by atoms with Crippen LogP contribution in [0.1, 0.15) is 16.8 Å². The molecule has 1 rings (SSSR count). The highest BCUT2D eigenvalue weighted by Crippen LogP contribution is 2.25. The molecule has 0 fully saturated rings. The maximum absolute atomic E-state index is 11.8. The number of carbonyl (C=O) groups is 1. The molecule has 0 bridgehead atoms. The third-order valence-electron chi connectivity index (χ3n) is 2.34. The van der Waals surface area contributed by atoms with E-state index in [1.807, 2.05) is 0 Å². The number of hydrogen-bond acceptors (Lipinski definition) is 4. The van der Waals surface area contributed by atoms with Crippen molar-refractivity contribution in [3.63, 3.8) is 0 Å². The van der Waals surface area contributed by atoms with Gasteiger partial charge in [0.1, 0.15) is 12.4 Å². The van der Waals surface area contributed by atoms with E-state index in [-0.39, 0.29) is 12.4 Å². The van der Waals surface area contributed by atoms with Crippen LogP contribution in [0.25, 0.3) is 0 Å². The van der Waals surface area contributed by atoms with Gasteiger partial charge in [0.2, 0.25) is 0 Å². The van der Waals surface area contributed by atoms with Crippen LogP contribution in [-0.4, -0.2) is 39.8 Å². The van der Waals surface area contributed by atoms with Crippen LogP contribution in [0, 0.1) is 0 Å². The Bertz CT molecular complexity index is 393. The molecule has 0 aliphatic heterocycles. The van der Waals surface area contributed by atoms with Gasteiger partial charge in [0.15, 0.2) is 5.78 Å². The predicted molar refractivity (Wildman–Crippen MR) is 72.3 cm³/mol. The summed E-state index contributed by atoms with van der Waals surface area (Å²) >= 11 is 3.34. The molecule has 0 atom stereocenters. The molecule has 1 aromatic rings. The number of benzene rings is 1. The zero-order valence-corrected chi connectivity index (χ0v) is 12.2. The summed E-state index contributed by atoms with van der Waals surface area (Å²) in [5.41, 5.74) is 0.606. The van der Waals surface area contributed by atoms with Gasteiger partial charge in [-0.2, -0.15) is 0 Å². The van der Waals surface area contributed by atoms with Gasteiger partial charge in [0.05, 0.1) is 11.6 Å². The molecule has 0 aromatic heterocycles. The van der Waals surface area contributed by atoms with Crippen LogP contribution in [0.5, 0.6) is 5.75 Å². The van der Waals surface area contributed by atoms with Gasteiger partial charge in [-0.15, -0.1) is 0 Å². The first-order valence-electron chi connectivity index (χ1n) is 5.62. The Hall–Kier alpha value is -0.910. The van der Waals surface area contributed by atoms with Gasteiger partial charge in [-0.25, -0.2) is 0 Å². The molecular weight excluding hydrogens is 300 g/mol. The zero-order valence-electron chi connectivity index (χ0n) is 10.6. The van der Waals surface area contributed by atoms with Crippen molar-refractivity contribution < 1.29 is 19.0 Å². The molecule has 0 saturated heterocycles. The highest BCUT2D eigenvalue weighted by Gasteiger charge is 2.08. The van der Waals surface area contributed by atoms with Crippen molar-refractivity contribution >= 4 is 21.7 Å². The smallest absolute Gasteiger partial charge is 0.188 e. The maximum Gasteiger partial charge on any atom is 0.188 e. The molecule has 100 valence electrons. The zero-order chi connectivity index (χ0) is 13.4. The van der Waals surface area contributed by atoms with E-state index in [1.54, 1.807) is 32.4 Å². The minimum atomic E-state index is -0.0456. The Labute approximate surface area is 115 Å². The molecule has 1 aromatic carbocycles. The lowest BCUT2D eigenvalue weighted by Crippen LogP contribution is -2.10. The summed E-state index contributed by atoms with van der Waals surface area (Å²) in [6.45, 7) is 1.25. The van der Waals surface area contributed by atoms with E-state index in [2.05, 4.69) is 15.9 Å². The van der Waals surface area contributed by atoms with Crippen LogP contribution in [0.15, 0.2) is 22.7 Å². The lowest BCUT2D eigenvalue weighted by atomic mass is 10.1. The van der Waals surface area contributed by atoms with Gasteiger partial charge in [-0.3, -0.25) is 4.79 Å². The van der Waals surface area contributed by atoms with Gasteiger partial charge in [-0.1, -0.05) is 0 Å². The molecule has 4 nitrogen and oxygen atoms in total. The van der Waals surface area contributed by atoms with Crippen molar-refractivity contribution in [2.75, 3.05) is 34.0 Å². The standard InChI is InChI=1S/C13H17BrO4/c1-16-6-3-7-18-9-12(15)10-4-5-13(17-2)11(14)8-10/h4-5,8H,3,6-7,9H2,1-2H3. The monoisotopic (exact) mass is 316 g/mol. The number of carbonyl (C=O) groups excluding carboxylic acids is 1. The Morgan fingerprint density at radius 2 is 2.06 bits per heavy atom. The fourth-order valence-corrected chi connectivity index (χ4v) is 1.93. The molecular formula is C13H17BrO4. The van der Waals surface area contributed by atoms with E-state index in [0.29, 0.717) is 24.5 Å². The molecule has 0 spiro atoms. The summed E-state index contributed by atoms with van der Waals surface area (Å²) in [6, 6.07) is 5.21. The molecule has 0 aliphatic carbocycles. The van der Waals surface area contributed by atoms with Gasteiger partial charge < -0.3 is 14.2 Å². The van der Waals surface area contributed by atoms with E-state index in [1.165, 1.54) is 0 Å². The van der Waals surface area contributed by atoms with E-state index in [4.69, 9.17) is 14.2 Å². The fourth-order valence-electron chi connectivity index (χ4n) is 1.39. The molecule has 0 heterocycles. The minimum Gasteiger partial charge on any atom is -0.496 e. The number of Topliss-reactive ketones (excluding diaryl/α,β-unsaturated/α-hetero) is 1. The van der Waals surface area contributed by atoms with Crippen molar-refractivity contribution in [3.05, 3.63) is 28.2 Å². The van der Waals surface area contributed by atoms with Crippen LogP contribution < -0.4 is 4.74 Å². The SMILES string of the molecule is COCCCOCC(=O)c1ccc(OC)c(Br)c1. The summed E-state index contributed by atoms with van der Waals surface area (Å²) in [4.78, 5) is 11.8. The summed E-state index contributed by atoms with van der Waals surface area (Å²) in [5, 5.41) is 0. The molecule has 0 radical (unpaired) electrons. The number of hydrogen-bond donors (Lipinski definition) is 0. The third kappa shape index (κ3) is 4.76. The van der Waals surface area contributed by atoms with Gasteiger partial charge in [0.25, 0.3) is 0 Å². The van der Waals surface area contributed by atoms with Gasteiger partial charge in [-0.05, 0) is 40.5 Å². The second-order valence-electron chi connectivity index (χ2n) is 3.67. The lowest BCUT2D eigenvalue weighted by Gasteiger charge is -2.06. The number of rotatable bonds is 8. The fraction of sp³-hybridized carbons (Fsp3) is 0.462. The summed E-state index contributed by atoms with van der Waals surface area (Å²) in [7, 11) is 3.22. The Kier molecular flexibility index (Phi) is 6.93. The maximum atomic E-state index is 11.8. The largest absolute Gasteiger partial charge is 0.496 e. The average molecular weight is 317 g/mol. The first-order chi connectivity index (χ1) is 8.69. The quantitative estimate of drug-likeness (QED) is 0.546. The number of ether oxygens (including phenoxy) is 3. The molecule has 0 aliphatic rings. The van der Waals surface area contributed by atoms with Crippen molar-refractivity contribution in [2.45, 2.75) is 6.42 Å². The third-order valence-corrected chi connectivity index (χ3v) is 2.96. The van der Waals surface area contributed by atoms with E-state index in [0.717, 1.165) is 10.9 Å². The van der Waals surface area contributed by atoms with Crippen LogP contribution >= 0.6 is 15.9 Å². The highest BCUT2D eigenvalue weighted by atomic mass is 79.9. The first kappa shape index (κ1) is 15.1. The molecule has 0 saturated carbocycles. The summed E-state index contributed by atoms with van der Waals surface area (Å²) in [5.74, 6) is 0.656. The van der Waals surface area contributed by atoms with Crippen LogP contribution in [-0.2, 0) is 9.47 Å². The van der Waals surface area contributed by atoms with Crippen LogP contribution in [0.2, 0.25) is 0 Å². The van der Waals surface area contributed by atoms with Crippen molar-refractivity contribution in [2.24, 2.45) is 0 Å². The second kappa shape index (κ2) is 8.24. The van der Waals surface area contributed by atoms with Crippen molar-refractivity contribution in [3.8, 4) is 5.75 Å². The molecule has 5 heteroatoms. The van der Waals surface area contributed by atoms with Crippen LogP contribution in [0.3, 0.4) is 0 Å². The minimum absolute atomic E-state index is 0.0456. The molecule has 0 amide bonds. The van der Waals surface area contributed by atoms with E-state index in [9.17, 15) is 4.79 Å². The van der Waals surface area contributed by atoms with E-state index >= 15 is 0 Å².